The van der Waals surface area contributed by atoms with Gasteiger partial charge in [-0.1, -0.05) is 45.5 Å². The zero-order chi connectivity index (χ0) is 13.7. The van der Waals surface area contributed by atoms with Crippen molar-refractivity contribution in [3.8, 4) is 0 Å². The minimum atomic E-state index is -0.174. The number of allylic oxidation sites excluding steroid dienone is 3. The Morgan fingerprint density at radius 3 is 2.94 bits per heavy atom. The molecule has 1 saturated carbocycles. The maximum atomic E-state index is 11.9. The number of carbonyl (C=O) groups is 1. The van der Waals surface area contributed by atoms with Gasteiger partial charge in [-0.05, 0) is 30.6 Å². The fourth-order valence-corrected chi connectivity index (χ4v) is 2.77. The molecule has 0 radical (unpaired) electrons. The average Bonchev–Trinajstić information content (AvgIpc) is 2.63. The molecule has 1 heteroatoms. The molecule has 0 bridgehead atoms. The lowest BCUT2D eigenvalue weighted by atomic mass is 9.77. The Morgan fingerprint density at radius 1 is 1.62 bits per heavy atom. The smallest absolute Gasteiger partial charge is 0.136 e. The molecule has 1 rings (SSSR count). The number of Topliss-reactive ketones (excluding diaryl/α,β-unsaturated/α-hetero) is 1. The first kappa shape index (κ1) is 10.3. The summed E-state index contributed by atoms with van der Waals surface area (Å²) in [6.45, 7) is 6.37. The fraction of sp³-hybridized carbons (Fsp3) is 0.667. The molecule has 1 aliphatic rings. The van der Waals surface area contributed by atoms with Crippen LogP contribution in [0.5, 0.6) is 0 Å². The van der Waals surface area contributed by atoms with Crippen molar-refractivity contribution >= 4 is 5.78 Å². The Bertz CT molecular complexity index is 342. The molecular weight excluding hydrogens is 196 g/mol. The van der Waals surface area contributed by atoms with Gasteiger partial charge in [-0.2, -0.15) is 0 Å². The third-order valence-electron chi connectivity index (χ3n) is 4.04. The summed E-state index contributed by atoms with van der Waals surface area (Å²) in [5.74, 6) is 2.06. The van der Waals surface area contributed by atoms with Crippen molar-refractivity contribution < 1.29 is 7.54 Å². The minimum absolute atomic E-state index is 0.174. The van der Waals surface area contributed by atoms with Gasteiger partial charge in [0.2, 0.25) is 0 Å². The van der Waals surface area contributed by atoms with Crippen molar-refractivity contribution in [2.75, 3.05) is 0 Å². The molecule has 2 unspecified atom stereocenters. The van der Waals surface area contributed by atoms with Crippen molar-refractivity contribution in [2.24, 2.45) is 23.7 Å². The molecule has 0 aliphatic heterocycles. The minimum Gasteiger partial charge on any atom is -0.299 e. The monoisotopic (exact) mass is 222 g/mol. The SMILES string of the molecule is [2H]C([2H])=CC=CC[C@@H](C)C(C)[C@H]1C(=O)CCC1C. The summed E-state index contributed by atoms with van der Waals surface area (Å²) < 4.78 is 13.9. The molecule has 1 aliphatic carbocycles. The van der Waals surface area contributed by atoms with Crippen molar-refractivity contribution in [3.05, 3.63) is 24.8 Å². The van der Waals surface area contributed by atoms with E-state index in [1.807, 2.05) is 6.08 Å². The third kappa shape index (κ3) is 3.07. The second-order valence-corrected chi connectivity index (χ2v) is 5.17. The summed E-state index contributed by atoms with van der Waals surface area (Å²) in [7, 11) is 0. The number of carbonyl (C=O) groups excluding carboxylic acids is 1. The van der Waals surface area contributed by atoms with Gasteiger partial charge in [-0.15, -0.1) is 0 Å². The Kier molecular flexibility index (Phi) is 3.88. The van der Waals surface area contributed by atoms with Crippen LogP contribution in [0.4, 0.5) is 0 Å². The molecule has 0 aromatic rings. The van der Waals surface area contributed by atoms with Gasteiger partial charge < -0.3 is 0 Å². The summed E-state index contributed by atoms with van der Waals surface area (Å²) in [4.78, 5) is 11.9. The lowest BCUT2D eigenvalue weighted by molar-refractivity contribution is -0.123. The molecule has 0 aromatic carbocycles. The van der Waals surface area contributed by atoms with E-state index in [4.69, 9.17) is 2.74 Å². The number of ketones is 1. The highest BCUT2D eigenvalue weighted by molar-refractivity contribution is 5.83. The van der Waals surface area contributed by atoms with Gasteiger partial charge in [0.1, 0.15) is 5.78 Å². The van der Waals surface area contributed by atoms with E-state index in [0.29, 0.717) is 23.5 Å². The second-order valence-electron chi connectivity index (χ2n) is 5.17. The van der Waals surface area contributed by atoms with Crippen molar-refractivity contribution in [1.82, 2.24) is 0 Å². The summed E-state index contributed by atoms with van der Waals surface area (Å²) in [6.07, 6.45) is 7.93. The largest absolute Gasteiger partial charge is 0.299 e. The number of hydrogen-bond donors (Lipinski definition) is 0. The molecule has 0 amide bonds. The molecule has 0 saturated heterocycles. The van der Waals surface area contributed by atoms with Crippen molar-refractivity contribution in [1.29, 1.82) is 0 Å². The van der Waals surface area contributed by atoms with Crippen LogP contribution in [0.2, 0.25) is 0 Å². The summed E-state index contributed by atoms with van der Waals surface area (Å²) >= 11 is 0. The maximum absolute atomic E-state index is 11.9. The van der Waals surface area contributed by atoms with Crippen LogP contribution in [0.3, 0.4) is 0 Å². The van der Waals surface area contributed by atoms with E-state index in [0.717, 1.165) is 19.3 Å². The van der Waals surface area contributed by atoms with E-state index in [1.165, 1.54) is 6.08 Å². The molecule has 0 aromatic heterocycles. The maximum Gasteiger partial charge on any atom is 0.136 e. The Labute approximate surface area is 102 Å². The quantitative estimate of drug-likeness (QED) is 0.642. The summed E-state index contributed by atoms with van der Waals surface area (Å²) in [6, 6.07) is 0. The zero-order valence-corrected chi connectivity index (χ0v) is 10.6. The predicted molar refractivity (Wildman–Crippen MR) is 69.2 cm³/mol. The summed E-state index contributed by atoms with van der Waals surface area (Å²) in [5.41, 5.74) is 0. The van der Waals surface area contributed by atoms with Gasteiger partial charge in [0.25, 0.3) is 0 Å². The topological polar surface area (TPSA) is 17.1 Å². The average molecular weight is 222 g/mol. The van der Waals surface area contributed by atoms with Crippen molar-refractivity contribution in [2.45, 2.75) is 40.0 Å². The van der Waals surface area contributed by atoms with E-state index in [2.05, 4.69) is 20.8 Å². The first-order valence-corrected chi connectivity index (χ1v) is 6.26. The van der Waals surface area contributed by atoms with Crippen molar-refractivity contribution in [3.63, 3.8) is 0 Å². The molecular formula is C15H24O. The molecule has 4 atom stereocenters. The predicted octanol–water partition coefficient (Wildman–Crippen LogP) is 4.01. The van der Waals surface area contributed by atoms with Crippen LogP contribution in [0.25, 0.3) is 0 Å². The molecule has 0 spiro atoms. The van der Waals surface area contributed by atoms with Crippen LogP contribution in [-0.2, 0) is 4.79 Å². The highest BCUT2D eigenvalue weighted by Gasteiger charge is 2.37. The van der Waals surface area contributed by atoms with Gasteiger partial charge in [0.05, 0.1) is 2.74 Å². The summed E-state index contributed by atoms with van der Waals surface area (Å²) in [5, 5.41) is 0. The van der Waals surface area contributed by atoms with E-state index < -0.39 is 0 Å². The lowest BCUT2D eigenvalue weighted by Crippen LogP contribution is -2.26. The normalized spacial score (nSPS) is 31.1. The van der Waals surface area contributed by atoms with E-state index in [9.17, 15) is 4.79 Å². The highest BCUT2D eigenvalue weighted by atomic mass is 16.1. The van der Waals surface area contributed by atoms with Gasteiger partial charge in [-0.25, -0.2) is 0 Å². The number of hydrogen-bond acceptors (Lipinski definition) is 1. The lowest BCUT2D eigenvalue weighted by Gasteiger charge is -2.27. The van der Waals surface area contributed by atoms with E-state index in [-0.39, 0.29) is 12.4 Å². The highest BCUT2D eigenvalue weighted by Crippen LogP contribution is 2.37. The second kappa shape index (κ2) is 6.03. The molecule has 1 nitrogen and oxygen atoms in total. The van der Waals surface area contributed by atoms with E-state index >= 15 is 0 Å². The molecule has 90 valence electrons. The van der Waals surface area contributed by atoms with Gasteiger partial charge in [0, 0.05) is 12.3 Å². The number of rotatable bonds is 5. The molecule has 16 heavy (non-hydrogen) atoms. The Morgan fingerprint density at radius 2 is 2.38 bits per heavy atom. The molecule has 1 fully saturated rings. The van der Waals surface area contributed by atoms with Crippen LogP contribution in [0.1, 0.15) is 42.8 Å². The molecule has 0 heterocycles. The van der Waals surface area contributed by atoms with Crippen LogP contribution in [-0.4, -0.2) is 5.78 Å². The third-order valence-corrected chi connectivity index (χ3v) is 4.04. The van der Waals surface area contributed by atoms with Crippen LogP contribution in [0.15, 0.2) is 24.8 Å². The van der Waals surface area contributed by atoms with Gasteiger partial charge in [-0.3, -0.25) is 4.79 Å². The first-order chi connectivity index (χ1) is 8.43. The van der Waals surface area contributed by atoms with E-state index in [1.54, 1.807) is 6.08 Å². The van der Waals surface area contributed by atoms with Crippen LogP contribution >= 0.6 is 0 Å². The molecule has 0 N–H and O–H groups in total. The first-order valence-electron chi connectivity index (χ1n) is 7.26. The zero-order valence-electron chi connectivity index (χ0n) is 12.6. The van der Waals surface area contributed by atoms with Crippen LogP contribution < -0.4 is 0 Å². The van der Waals surface area contributed by atoms with Crippen LogP contribution in [0, 0.1) is 23.7 Å². The fourth-order valence-electron chi connectivity index (χ4n) is 2.77. The Hall–Kier alpha value is -0.850. The van der Waals surface area contributed by atoms with Gasteiger partial charge >= 0.3 is 0 Å². The Balaban J connectivity index is 2.51. The van der Waals surface area contributed by atoms with Gasteiger partial charge in [0.15, 0.2) is 0 Å². The standard InChI is InChI=1S/C15H24O/c1-5-6-7-8-11(2)13(4)15-12(3)9-10-14(15)16/h5-7,11-13,15H,1,8-10H2,2-4H3/t11-,12?,13?,15+/m1/s1/i1D2.